The summed E-state index contributed by atoms with van der Waals surface area (Å²) in [4.78, 5) is 61.0. The van der Waals surface area contributed by atoms with Crippen LogP contribution in [0.2, 0.25) is 0 Å². The maximum absolute atomic E-state index is 13.4. The predicted molar refractivity (Wildman–Crippen MR) is 119 cm³/mol. The molecule has 2 saturated heterocycles. The number of nitrogens with one attached hydrogen (secondary N) is 1. The van der Waals surface area contributed by atoms with Crippen LogP contribution in [0, 0.1) is 39.0 Å². The Morgan fingerprint density at radius 1 is 1.06 bits per heavy atom. The minimum absolute atomic E-state index is 0.211. The number of fused-ring (bicyclic) bond motifs is 5. The fourth-order valence-corrected chi connectivity index (χ4v) is 4.91. The van der Waals surface area contributed by atoms with Gasteiger partial charge >= 0.3 is 0 Å². The van der Waals surface area contributed by atoms with E-state index in [0.29, 0.717) is 5.69 Å². The summed E-state index contributed by atoms with van der Waals surface area (Å²) in [6, 6.07) is 9.57. The van der Waals surface area contributed by atoms with Crippen molar-refractivity contribution in [3.8, 4) is 0 Å². The first-order valence-corrected chi connectivity index (χ1v) is 10.6. The number of benzene rings is 2. The summed E-state index contributed by atoms with van der Waals surface area (Å²) in [5.74, 6) is -3.27. The number of nitro benzene ring substituents is 2. The smallest absolute Gasteiger partial charge is 0.277 e. The van der Waals surface area contributed by atoms with Gasteiger partial charge in [0.2, 0.25) is 11.8 Å². The second-order valence-corrected chi connectivity index (χ2v) is 8.68. The lowest BCUT2D eigenvalue weighted by atomic mass is 9.77. The average Bonchev–Trinajstić information content (AvgIpc) is 3.48. The lowest BCUT2D eigenvalue weighted by Gasteiger charge is -2.29. The van der Waals surface area contributed by atoms with Crippen molar-refractivity contribution in [3.05, 3.63) is 86.0 Å². The SMILES string of the molecule is Cc1ccc(N2C(=O)[C@@H]3[C@H]4C=C[C@@](CNC(=O)c5cc([N+](=O)[O-])cc([N+](=O)[O-])c5)(O4)[C@H]3C2=O)cc1. The van der Waals surface area contributed by atoms with E-state index in [1.807, 2.05) is 6.92 Å². The Bertz CT molecular complexity index is 1310. The van der Waals surface area contributed by atoms with Crippen molar-refractivity contribution in [2.75, 3.05) is 11.4 Å². The van der Waals surface area contributed by atoms with E-state index in [-0.39, 0.29) is 18.0 Å². The molecule has 0 aliphatic carbocycles. The summed E-state index contributed by atoms with van der Waals surface area (Å²) < 4.78 is 5.97. The number of ether oxygens (including phenoxy) is 1. The molecule has 5 rings (SSSR count). The third-order valence-electron chi connectivity index (χ3n) is 6.56. The molecule has 1 N–H and O–H groups in total. The van der Waals surface area contributed by atoms with Gasteiger partial charge in [0.1, 0.15) is 5.60 Å². The van der Waals surface area contributed by atoms with Gasteiger partial charge in [-0.05, 0) is 19.1 Å². The summed E-state index contributed by atoms with van der Waals surface area (Å²) >= 11 is 0. The van der Waals surface area contributed by atoms with E-state index in [1.165, 1.54) is 0 Å². The molecule has 3 aliphatic rings. The molecule has 2 aromatic rings. The van der Waals surface area contributed by atoms with Crippen molar-refractivity contribution < 1.29 is 29.0 Å². The molecule has 0 saturated carbocycles. The zero-order valence-electron chi connectivity index (χ0n) is 18.2. The van der Waals surface area contributed by atoms with Crippen molar-refractivity contribution in [2.45, 2.75) is 18.6 Å². The minimum Gasteiger partial charge on any atom is -0.360 e. The topological polar surface area (TPSA) is 162 Å². The molecule has 2 bridgehead atoms. The van der Waals surface area contributed by atoms with Crippen molar-refractivity contribution >= 4 is 34.8 Å². The molecule has 12 heteroatoms. The van der Waals surface area contributed by atoms with Gasteiger partial charge in [-0.2, -0.15) is 0 Å². The number of hydrogen-bond donors (Lipinski definition) is 1. The molecule has 178 valence electrons. The van der Waals surface area contributed by atoms with E-state index in [0.717, 1.165) is 28.7 Å². The first-order valence-electron chi connectivity index (χ1n) is 10.6. The summed E-state index contributed by atoms with van der Waals surface area (Å²) in [7, 11) is 0. The largest absolute Gasteiger partial charge is 0.360 e. The van der Waals surface area contributed by atoms with Gasteiger partial charge in [0.15, 0.2) is 0 Å². The monoisotopic (exact) mass is 478 g/mol. The van der Waals surface area contributed by atoms with Crippen LogP contribution in [0.25, 0.3) is 0 Å². The van der Waals surface area contributed by atoms with Gasteiger partial charge in [0, 0.05) is 12.1 Å². The van der Waals surface area contributed by atoms with Crippen LogP contribution in [0.5, 0.6) is 0 Å². The maximum atomic E-state index is 13.4. The van der Waals surface area contributed by atoms with Gasteiger partial charge in [0.25, 0.3) is 17.3 Å². The Morgan fingerprint density at radius 2 is 1.69 bits per heavy atom. The second-order valence-electron chi connectivity index (χ2n) is 8.68. The number of hydrogen-bond acceptors (Lipinski definition) is 8. The zero-order valence-corrected chi connectivity index (χ0v) is 18.2. The number of anilines is 1. The highest BCUT2D eigenvalue weighted by atomic mass is 16.6. The molecular weight excluding hydrogens is 460 g/mol. The lowest BCUT2D eigenvalue weighted by molar-refractivity contribution is -0.394. The van der Waals surface area contributed by atoms with Crippen LogP contribution in [0.4, 0.5) is 17.1 Å². The molecule has 2 aromatic carbocycles. The van der Waals surface area contributed by atoms with E-state index >= 15 is 0 Å². The third-order valence-corrected chi connectivity index (χ3v) is 6.56. The number of carbonyl (C=O) groups excluding carboxylic acids is 3. The maximum Gasteiger partial charge on any atom is 0.277 e. The normalized spacial score (nSPS) is 26.2. The Hall–Kier alpha value is -4.45. The van der Waals surface area contributed by atoms with Gasteiger partial charge in [-0.1, -0.05) is 29.8 Å². The number of rotatable bonds is 6. The number of nitrogens with zero attached hydrogens (tertiary/aromatic N) is 3. The summed E-state index contributed by atoms with van der Waals surface area (Å²) in [5, 5.41) is 24.8. The number of amides is 3. The highest BCUT2D eigenvalue weighted by Crippen LogP contribution is 2.52. The first-order chi connectivity index (χ1) is 16.6. The molecule has 35 heavy (non-hydrogen) atoms. The van der Waals surface area contributed by atoms with Crippen LogP contribution >= 0.6 is 0 Å². The Labute approximate surface area is 197 Å². The lowest BCUT2D eigenvalue weighted by Crippen LogP contribution is -2.48. The van der Waals surface area contributed by atoms with Crippen molar-refractivity contribution in [3.63, 3.8) is 0 Å². The third kappa shape index (κ3) is 3.46. The van der Waals surface area contributed by atoms with Crippen LogP contribution < -0.4 is 10.2 Å². The molecule has 3 aliphatic heterocycles. The Kier molecular flexibility index (Phi) is 4.98. The van der Waals surface area contributed by atoms with Gasteiger partial charge in [-0.3, -0.25) is 34.6 Å². The molecule has 0 aromatic heterocycles. The van der Waals surface area contributed by atoms with E-state index in [9.17, 15) is 34.6 Å². The highest BCUT2D eigenvalue weighted by Gasteiger charge is 2.67. The number of imide groups is 1. The highest BCUT2D eigenvalue weighted by molar-refractivity contribution is 6.23. The van der Waals surface area contributed by atoms with E-state index in [2.05, 4.69) is 5.32 Å². The molecule has 3 amide bonds. The summed E-state index contributed by atoms with van der Waals surface area (Å²) in [5.41, 5.74) is -1.37. The standard InChI is InChI=1S/C23H18N4O8/c1-12-2-4-14(5-3-12)25-21(29)18-17-6-7-23(35-17,19(18)22(25)30)11-24-20(28)13-8-15(26(31)32)10-16(9-13)27(33)34/h2-10,17-19H,11H2,1H3,(H,24,28)/t17-,18-,19-,23+/m1/s1. The molecular formula is C23H18N4O8. The van der Waals surface area contributed by atoms with E-state index in [1.54, 1.807) is 36.4 Å². The molecule has 12 nitrogen and oxygen atoms in total. The van der Waals surface area contributed by atoms with E-state index in [4.69, 9.17) is 4.74 Å². The van der Waals surface area contributed by atoms with Gasteiger partial charge in [0.05, 0.1) is 51.6 Å². The van der Waals surface area contributed by atoms with Crippen LogP contribution in [-0.4, -0.2) is 45.8 Å². The fraction of sp³-hybridized carbons (Fsp3) is 0.261. The Morgan fingerprint density at radius 3 is 2.29 bits per heavy atom. The molecule has 0 unspecified atom stereocenters. The van der Waals surface area contributed by atoms with Gasteiger partial charge in [-0.25, -0.2) is 4.90 Å². The summed E-state index contributed by atoms with van der Waals surface area (Å²) in [6.07, 6.45) is 2.68. The van der Waals surface area contributed by atoms with E-state index < -0.39 is 56.6 Å². The number of carbonyl (C=O) groups is 3. The van der Waals surface area contributed by atoms with Crippen molar-refractivity contribution in [1.29, 1.82) is 0 Å². The number of nitro groups is 2. The van der Waals surface area contributed by atoms with Gasteiger partial charge < -0.3 is 10.1 Å². The number of non-ortho nitro benzene ring substituents is 2. The molecule has 4 atom stereocenters. The predicted octanol–water partition coefficient (Wildman–Crippen LogP) is 2.05. The van der Waals surface area contributed by atoms with Crippen LogP contribution in [0.3, 0.4) is 0 Å². The fourth-order valence-electron chi connectivity index (χ4n) is 4.91. The van der Waals surface area contributed by atoms with Crippen LogP contribution in [0.1, 0.15) is 15.9 Å². The summed E-state index contributed by atoms with van der Waals surface area (Å²) in [6.45, 7) is 1.68. The van der Waals surface area contributed by atoms with Gasteiger partial charge in [-0.15, -0.1) is 0 Å². The average molecular weight is 478 g/mol. The Balaban J connectivity index is 1.39. The van der Waals surface area contributed by atoms with Crippen molar-refractivity contribution in [2.24, 2.45) is 11.8 Å². The quantitative estimate of drug-likeness (QED) is 0.285. The first kappa shape index (κ1) is 22.3. The number of aryl methyl sites for hydroxylation is 1. The van der Waals surface area contributed by atoms with Crippen LogP contribution in [0.15, 0.2) is 54.6 Å². The minimum atomic E-state index is -1.29. The zero-order chi connectivity index (χ0) is 25.1. The molecule has 0 spiro atoms. The van der Waals surface area contributed by atoms with Crippen molar-refractivity contribution in [1.82, 2.24) is 5.32 Å². The van der Waals surface area contributed by atoms with Crippen LogP contribution in [-0.2, 0) is 14.3 Å². The molecule has 0 radical (unpaired) electrons. The molecule has 2 fully saturated rings. The molecule has 3 heterocycles. The second kappa shape index (κ2) is 7.81.